The predicted molar refractivity (Wildman–Crippen MR) is 68.9 cm³/mol. The maximum atomic E-state index is 11.9. The molecule has 0 atom stereocenters. The minimum atomic E-state index is 0.123. The minimum absolute atomic E-state index is 0.123. The highest BCUT2D eigenvalue weighted by Crippen LogP contribution is 2.24. The van der Waals surface area contributed by atoms with E-state index in [0.717, 1.165) is 6.42 Å². The molecule has 0 saturated carbocycles. The van der Waals surface area contributed by atoms with Crippen LogP contribution >= 0.6 is 11.6 Å². The van der Waals surface area contributed by atoms with Crippen molar-refractivity contribution in [2.75, 3.05) is 5.73 Å². The number of carbonyl (C=O) groups is 1. The number of hydrogen-bond acceptors (Lipinski definition) is 2. The summed E-state index contributed by atoms with van der Waals surface area (Å²) in [4.78, 5) is 11.9. The Kier molecular flexibility index (Phi) is 3.98. The second-order valence-corrected chi connectivity index (χ2v) is 5.63. The third-order valence-electron chi connectivity index (χ3n) is 2.42. The van der Waals surface area contributed by atoms with Gasteiger partial charge in [-0.3, -0.25) is 4.79 Å². The molecule has 0 aliphatic carbocycles. The number of nitrogen functional groups attached to an aromatic ring is 1. The number of Topliss-reactive ketones (excluding diaryl/α,β-unsaturated/α-hetero) is 1. The van der Waals surface area contributed by atoms with E-state index in [-0.39, 0.29) is 11.2 Å². The second-order valence-electron chi connectivity index (χ2n) is 5.22. The van der Waals surface area contributed by atoms with Gasteiger partial charge in [0.15, 0.2) is 5.78 Å². The highest BCUT2D eigenvalue weighted by Gasteiger charge is 2.14. The van der Waals surface area contributed by atoms with Crippen LogP contribution in [0.3, 0.4) is 0 Å². The van der Waals surface area contributed by atoms with Gasteiger partial charge in [0, 0.05) is 12.0 Å². The van der Waals surface area contributed by atoms with Gasteiger partial charge >= 0.3 is 0 Å². The lowest BCUT2D eigenvalue weighted by Gasteiger charge is -2.17. The predicted octanol–water partition coefficient (Wildman–Crippen LogP) is 3.93. The summed E-state index contributed by atoms with van der Waals surface area (Å²) in [5.41, 5.74) is 6.94. The number of nitrogens with two attached hydrogens (primary N) is 1. The molecule has 1 rings (SSSR count). The van der Waals surface area contributed by atoms with Crippen LogP contribution in [0.4, 0.5) is 5.69 Å². The number of halogens is 1. The highest BCUT2D eigenvalue weighted by molar-refractivity contribution is 6.33. The van der Waals surface area contributed by atoms with Crippen LogP contribution in [0.15, 0.2) is 18.2 Å². The summed E-state index contributed by atoms with van der Waals surface area (Å²) in [5.74, 6) is 0.123. The molecule has 3 heteroatoms. The lowest BCUT2D eigenvalue weighted by molar-refractivity contribution is 0.0966. The van der Waals surface area contributed by atoms with E-state index in [1.165, 1.54) is 0 Å². The zero-order chi connectivity index (χ0) is 12.3. The Hall–Kier alpha value is -1.02. The van der Waals surface area contributed by atoms with Gasteiger partial charge in [0.25, 0.3) is 0 Å². The van der Waals surface area contributed by atoms with Crippen LogP contribution in [0.5, 0.6) is 0 Å². The summed E-state index contributed by atoms with van der Waals surface area (Å²) in [7, 11) is 0. The summed E-state index contributed by atoms with van der Waals surface area (Å²) >= 11 is 5.80. The van der Waals surface area contributed by atoms with Gasteiger partial charge in [-0.1, -0.05) is 32.4 Å². The van der Waals surface area contributed by atoms with Gasteiger partial charge in [-0.2, -0.15) is 0 Å². The Morgan fingerprint density at radius 2 is 2.00 bits per heavy atom. The van der Waals surface area contributed by atoms with E-state index in [1.807, 2.05) is 0 Å². The lowest BCUT2D eigenvalue weighted by Crippen LogP contribution is -2.09. The molecule has 2 nitrogen and oxygen atoms in total. The molecule has 0 aromatic heterocycles. The summed E-state index contributed by atoms with van der Waals surface area (Å²) in [5, 5.41) is 0.493. The quantitative estimate of drug-likeness (QED) is 0.642. The Morgan fingerprint density at radius 1 is 1.38 bits per heavy atom. The number of carbonyl (C=O) groups excluding carboxylic acids is 1. The monoisotopic (exact) mass is 239 g/mol. The van der Waals surface area contributed by atoms with Crippen LogP contribution in [0.1, 0.15) is 44.0 Å². The van der Waals surface area contributed by atoms with E-state index in [0.29, 0.717) is 22.7 Å². The molecule has 0 heterocycles. The first-order valence-corrected chi connectivity index (χ1v) is 5.75. The van der Waals surface area contributed by atoms with Crippen LogP contribution in [-0.4, -0.2) is 5.78 Å². The molecule has 16 heavy (non-hydrogen) atoms. The number of hydrogen-bond donors (Lipinski definition) is 1. The Balaban J connectivity index is 2.70. The average molecular weight is 240 g/mol. The standard InChI is InChI=1S/C13H18ClNO/c1-13(2,3)7-6-12(16)9-4-5-10(14)11(15)8-9/h4-5,8H,6-7,15H2,1-3H3. The van der Waals surface area contributed by atoms with Crippen molar-refractivity contribution >= 4 is 23.1 Å². The molecule has 1 aromatic carbocycles. The minimum Gasteiger partial charge on any atom is -0.398 e. The Labute approximate surface area is 102 Å². The van der Waals surface area contributed by atoms with Crippen molar-refractivity contribution in [3.63, 3.8) is 0 Å². The van der Waals surface area contributed by atoms with Crippen molar-refractivity contribution in [3.8, 4) is 0 Å². The molecular formula is C13H18ClNO. The van der Waals surface area contributed by atoms with Crippen LogP contribution < -0.4 is 5.73 Å². The van der Waals surface area contributed by atoms with Crippen molar-refractivity contribution in [3.05, 3.63) is 28.8 Å². The molecule has 0 spiro atoms. The molecule has 0 bridgehead atoms. The third-order valence-corrected chi connectivity index (χ3v) is 2.76. The third kappa shape index (κ3) is 3.86. The van der Waals surface area contributed by atoms with Gasteiger partial charge in [-0.25, -0.2) is 0 Å². The topological polar surface area (TPSA) is 43.1 Å². The van der Waals surface area contributed by atoms with Gasteiger partial charge in [-0.15, -0.1) is 0 Å². The molecule has 0 unspecified atom stereocenters. The molecule has 0 radical (unpaired) electrons. The van der Waals surface area contributed by atoms with Crippen LogP contribution in [0.2, 0.25) is 5.02 Å². The fourth-order valence-electron chi connectivity index (χ4n) is 1.35. The molecule has 0 amide bonds. The number of rotatable bonds is 3. The van der Waals surface area contributed by atoms with Crippen LogP contribution in [0, 0.1) is 5.41 Å². The SMILES string of the molecule is CC(C)(C)CCC(=O)c1ccc(Cl)c(N)c1. The number of anilines is 1. The average Bonchev–Trinajstić information content (AvgIpc) is 2.17. The van der Waals surface area contributed by atoms with Crippen molar-refractivity contribution in [2.45, 2.75) is 33.6 Å². The zero-order valence-electron chi connectivity index (χ0n) is 10.0. The van der Waals surface area contributed by atoms with Gasteiger partial charge in [0.05, 0.1) is 10.7 Å². The number of benzene rings is 1. The summed E-state index contributed by atoms with van der Waals surface area (Å²) in [6.07, 6.45) is 1.42. The van der Waals surface area contributed by atoms with E-state index < -0.39 is 0 Å². The lowest BCUT2D eigenvalue weighted by atomic mass is 9.88. The Bertz CT molecular complexity index is 393. The van der Waals surface area contributed by atoms with E-state index in [4.69, 9.17) is 17.3 Å². The normalized spacial score (nSPS) is 11.5. The summed E-state index contributed by atoms with van der Waals surface area (Å²) in [6.45, 7) is 6.36. The molecule has 0 aliphatic rings. The first-order valence-electron chi connectivity index (χ1n) is 5.38. The van der Waals surface area contributed by atoms with Crippen LogP contribution in [0.25, 0.3) is 0 Å². The highest BCUT2D eigenvalue weighted by atomic mass is 35.5. The van der Waals surface area contributed by atoms with Gasteiger partial charge in [0.1, 0.15) is 0 Å². The molecule has 0 saturated heterocycles. The maximum absolute atomic E-state index is 11.9. The zero-order valence-corrected chi connectivity index (χ0v) is 10.8. The van der Waals surface area contributed by atoms with Crippen molar-refractivity contribution in [1.29, 1.82) is 0 Å². The van der Waals surface area contributed by atoms with Crippen molar-refractivity contribution < 1.29 is 4.79 Å². The molecule has 2 N–H and O–H groups in total. The fourth-order valence-corrected chi connectivity index (χ4v) is 1.47. The summed E-state index contributed by atoms with van der Waals surface area (Å²) in [6, 6.07) is 5.04. The molecule has 88 valence electrons. The number of ketones is 1. The van der Waals surface area contributed by atoms with Gasteiger partial charge in [-0.05, 0) is 30.0 Å². The fraction of sp³-hybridized carbons (Fsp3) is 0.462. The molecule has 0 aliphatic heterocycles. The second kappa shape index (κ2) is 4.88. The van der Waals surface area contributed by atoms with Crippen molar-refractivity contribution in [2.24, 2.45) is 5.41 Å². The molecular weight excluding hydrogens is 222 g/mol. The maximum Gasteiger partial charge on any atom is 0.162 e. The van der Waals surface area contributed by atoms with E-state index >= 15 is 0 Å². The molecule has 1 aromatic rings. The largest absolute Gasteiger partial charge is 0.398 e. The van der Waals surface area contributed by atoms with Gasteiger partial charge < -0.3 is 5.73 Å². The van der Waals surface area contributed by atoms with Gasteiger partial charge in [0.2, 0.25) is 0 Å². The summed E-state index contributed by atoms with van der Waals surface area (Å²) < 4.78 is 0. The molecule has 0 fully saturated rings. The van der Waals surface area contributed by atoms with Crippen LogP contribution in [-0.2, 0) is 0 Å². The Morgan fingerprint density at radius 3 is 2.50 bits per heavy atom. The smallest absolute Gasteiger partial charge is 0.162 e. The van der Waals surface area contributed by atoms with E-state index in [9.17, 15) is 4.79 Å². The van der Waals surface area contributed by atoms with E-state index in [2.05, 4.69) is 20.8 Å². The first kappa shape index (κ1) is 13.0. The van der Waals surface area contributed by atoms with E-state index in [1.54, 1.807) is 18.2 Å². The first-order chi connectivity index (χ1) is 7.29. The van der Waals surface area contributed by atoms with Crippen molar-refractivity contribution in [1.82, 2.24) is 0 Å².